The van der Waals surface area contributed by atoms with Crippen molar-refractivity contribution in [2.75, 3.05) is 24.5 Å². The molecule has 3 N–H and O–H groups in total. The number of anilines is 1. The third-order valence-corrected chi connectivity index (χ3v) is 3.60. The summed E-state index contributed by atoms with van der Waals surface area (Å²) in [5, 5.41) is 11.5. The fourth-order valence-electron chi connectivity index (χ4n) is 2.36. The molecule has 1 saturated heterocycles. The van der Waals surface area contributed by atoms with E-state index in [-0.39, 0.29) is 17.9 Å². The highest BCUT2D eigenvalue weighted by Crippen LogP contribution is 2.23. The van der Waals surface area contributed by atoms with Gasteiger partial charge in [0.05, 0.1) is 12.0 Å². The Morgan fingerprint density at radius 2 is 2.40 bits per heavy atom. The highest BCUT2D eigenvalue weighted by atomic mass is 16.4. The van der Waals surface area contributed by atoms with Gasteiger partial charge in [0.15, 0.2) is 0 Å². The van der Waals surface area contributed by atoms with Crippen molar-refractivity contribution in [1.82, 2.24) is 15.5 Å². The first-order valence-electron chi connectivity index (χ1n) is 7.22. The largest absolute Gasteiger partial charge is 0.406 e. The predicted molar refractivity (Wildman–Crippen MR) is 75.1 cm³/mol. The molecule has 2 rings (SSSR count). The van der Waals surface area contributed by atoms with Gasteiger partial charge in [0.25, 0.3) is 0 Å². The number of hydrogen-bond acceptors (Lipinski definition) is 6. The number of carbonyl (C=O) groups excluding carboxylic acids is 1. The van der Waals surface area contributed by atoms with Gasteiger partial charge in [-0.3, -0.25) is 4.79 Å². The van der Waals surface area contributed by atoms with E-state index < -0.39 is 0 Å². The molecule has 1 fully saturated rings. The lowest BCUT2D eigenvalue weighted by Crippen LogP contribution is -2.41. The SMILES string of the molecule is CCCNC(C)c1nnc(N2CCCC(C(N)=O)C2)o1. The molecule has 7 heteroatoms. The highest BCUT2D eigenvalue weighted by Gasteiger charge is 2.27. The summed E-state index contributed by atoms with van der Waals surface area (Å²) in [7, 11) is 0. The van der Waals surface area contributed by atoms with Crippen molar-refractivity contribution in [3.63, 3.8) is 0 Å². The summed E-state index contributed by atoms with van der Waals surface area (Å²) in [6, 6.07) is 0.518. The van der Waals surface area contributed by atoms with Crippen LogP contribution in [0.25, 0.3) is 0 Å². The van der Waals surface area contributed by atoms with E-state index in [1.165, 1.54) is 0 Å². The zero-order valence-electron chi connectivity index (χ0n) is 12.1. The Balaban J connectivity index is 1.99. The average molecular weight is 281 g/mol. The number of piperidine rings is 1. The molecule has 2 unspecified atom stereocenters. The smallest absolute Gasteiger partial charge is 0.318 e. The van der Waals surface area contributed by atoms with Crippen molar-refractivity contribution in [2.24, 2.45) is 11.7 Å². The van der Waals surface area contributed by atoms with Crippen LogP contribution in [0.15, 0.2) is 4.42 Å². The second-order valence-corrected chi connectivity index (χ2v) is 5.29. The molecule has 0 saturated carbocycles. The fraction of sp³-hybridized carbons (Fsp3) is 0.769. The predicted octanol–water partition coefficient (Wildman–Crippen LogP) is 0.832. The minimum absolute atomic E-state index is 0.0351. The van der Waals surface area contributed by atoms with Crippen LogP contribution in [0.3, 0.4) is 0 Å². The average Bonchev–Trinajstić information content (AvgIpc) is 2.94. The maximum Gasteiger partial charge on any atom is 0.318 e. The maximum atomic E-state index is 11.3. The number of primary amides is 1. The lowest BCUT2D eigenvalue weighted by atomic mass is 9.98. The second-order valence-electron chi connectivity index (χ2n) is 5.29. The van der Waals surface area contributed by atoms with E-state index in [1.54, 1.807) is 0 Å². The molecule has 1 aromatic rings. The van der Waals surface area contributed by atoms with Gasteiger partial charge >= 0.3 is 6.01 Å². The first-order chi connectivity index (χ1) is 9.61. The van der Waals surface area contributed by atoms with Crippen molar-refractivity contribution < 1.29 is 9.21 Å². The van der Waals surface area contributed by atoms with E-state index in [2.05, 4.69) is 22.4 Å². The van der Waals surface area contributed by atoms with Gasteiger partial charge in [0.1, 0.15) is 0 Å². The normalized spacial score (nSPS) is 20.9. The summed E-state index contributed by atoms with van der Waals surface area (Å²) in [4.78, 5) is 13.2. The van der Waals surface area contributed by atoms with Crippen molar-refractivity contribution in [2.45, 2.75) is 39.2 Å². The first-order valence-corrected chi connectivity index (χ1v) is 7.22. The van der Waals surface area contributed by atoms with Gasteiger partial charge in [-0.05, 0) is 32.7 Å². The Morgan fingerprint density at radius 1 is 1.60 bits per heavy atom. The van der Waals surface area contributed by atoms with Crippen LogP contribution >= 0.6 is 0 Å². The van der Waals surface area contributed by atoms with Gasteiger partial charge < -0.3 is 20.4 Å². The van der Waals surface area contributed by atoms with Crippen molar-refractivity contribution in [3.8, 4) is 0 Å². The van der Waals surface area contributed by atoms with Crippen LogP contribution < -0.4 is 16.0 Å². The van der Waals surface area contributed by atoms with Gasteiger partial charge in [-0.2, -0.15) is 0 Å². The second kappa shape index (κ2) is 6.69. The molecule has 0 spiro atoms. The summed E-state index contributed by atoms with van der Waals surface area (Å²) in [6.07, 6.45) is 2.80. The number of nitrogens with two attached hydrogens (primary N) is 1. The fourth-order valence-corrected chi connectivity index (χ4v) is 2.36. The van der Waals surface area contributed by atoms with Gasteiger partial charge in [0.2, 0.25) is 11.8 Å². The summed E-state index contributed by atoms with van der Waals surface area (Å²) in [5.41, 5.74) is 5.37. The van der Waals surface area contributed by atoms with E-state index in [1.807, 2.05) is 11.8 Å². The van der Waals surface area contributed by atoms with Crippen LogP contribution in [0, 0.1) is 5.92 Å². The molecule has 1 aliphatic rings. The van der Waals surface area contributed by atoms with Crippen LogP contribution in [-0.2, 0) is 4.79 Å². The molecule has 1 aromatic heterocycles. The number of carbonyl (C=O) groups is 1. The quantitative estimate of drug-likeness (QED) is 0.801. The van der Waals surface area contributed by atoms with Crippen molar-refractivity contribution in [3.05, 3.63) is 5.89 Å². The van der Waals surface area contributed by atoms with E-state index in [9.17, 15) is 4.79 Å². The third kappa shape index (κ3) is 3.47. The zero-order valence-corrected chi connectivity index (χ0v) is 12.1. The summed E-state index contributed by atoms with van der Waals surface area (Å²) in [5.74, 6) is 0.191. The first kappa shape index (κ1) is 14.8. The van der Waals surface area contributed by atoms with Crippen LogP contribution in [0.4, 0.5) is 6.01 Å². The molecular weight excluding hydrogens is 258 g/mol. The molecule has 0 radical (unpaired) electrons. The van der Waals surface area contributed by atoms with Gasteiger partial charge in [-0.15, -0.1) is 5.10 Å². The Morgan fingerprint density at radius 3 is 3.10 bits per heavy atom. The number of rotatable bonds is 6. The Kier molecular flexibility index (Phi) is 4.94. The molecule has 7 nitrogen and oxygen atoms in total. The topological polar surface area (TPSA) is 97.3 Å². The van der Waals surface area contributed by atoms with Crippen LogP contribution in [-0.4, -0.2) is 35.7 Å². The van der Waals surface area contributed by atoms with E-state index in [0.29, 0.717) is 18.5 Å². The standard InChI is InChI=1S/C13H23N5O2/c1-3-6-15-9(2)12-16-17-13(20-12)18-7-4-5-10(8-18)11(14)19/h9-10,15H,3-8H2,1-2H3,(H2,14,19). The van der Waals surface area contributed by atoms with Crippen molar-refractivity contribution in [1.29, 1.82) is 0 Å². The number of hydrogen-bond donors (Lipinski definition) is 2. The molecule has 112 valence electrons. The molecule has 1 amide bonds. The zero-order chi connectivity index (χ0) is 14.5. The molecule has 2 atom stereocenters. The summed E-state index contributed by atoms with van der Waals surface area (Å²) in [6.45, 7) is 6.40. The minimum Gasteiger partial charge on any atom is -0.406 e. The maximum absolute atomic E-state index is 11.3. The highest BCUT2D eigenvalue weighted by molar-refractivity contribution is 5.77. The molecule has 0 aromatic carbocycles. The van der Waals surface area contributed by atoms with Crippen LogP contribution in [0.5, 0.6) is 0 Å². The number of nitrogens with one attached hydrogen (secondary N) is 1. The Bertz CT molecular complexity index is 448. The summed E-state index contributed by atoms with van der Waals surface area (Å²) < 4.78 is 5.70. The van der Waals surface area contributed by atoms with Crippen LogP contribution in [0.2, 0.25) is 0 Å². The number of nitrogens with zero attached hydrogens (tertiary/aromatic N) is 3. The molecule has 2 heterocycles. The lowest BCUT2D eigenvalue weighted by Gasteiger charge is -2.29. The minimum atomic E-state index is -0.257. The molecular formula is C13H23N5O2. The molecule has 0 aliphatic carbocycles. The number of aromatic nitrogens is 2. The monoisotopic (exact) mass is 281 g/mol. The van der Waals surface area contributed by atoms with Gasteiger partial charge in [-0.25, -0.2) is 0 Å². The molecule has 1 aliphatic heterocycles. The Labute approximate surface area is 118 Å². The Hall–Kier alpha value is -1.63. The van der Waals surface area contributed by atoms with Gasteiger partial charge in [-0.1, -0.05) is 12.0 Å². The third-order valence-electron chi connectivity index (χ3n) is 3.60. The lowest BCUT2D eigenvalue weighted by molar-refractivity contribution is -0.122. The van der Waals surface area contributed by atoms with Crippen LogP contribution in [0.1, 0.15) is 45.0 Å². The number of amides is 1. The molecule has 20 heavy (non-hydrogen) atoms. The van der Waals surface area contributed by atoms with E-state index in [0.717, 1.165) is 32.4 Å². The van der Waals surface area contributed by atoms with E-state index >= 15 is 0 Å². The van der Waals surface area contributed by atoms with Gasteiger partial charge in [0, 0.05) is 13.1 Å². The summed E-state index contributed by atoms with van der Waals surface area (Å²) >= 11 is 0. The van der Waals surface area contributed by atoms with Crippen molar-refractivity contribution >= 4 is 11.9 Å². The van der Waals surface area contributed by atoms with E-state index in [4.69, 9.17) is 10.2 Å². The molecule has 0 bridgehead atoms.